The number of aromatic nitrogens is 2. The number of nitrogens with one attached hydrogen (secondary N) is 2. The summed E-state index contributed by atoms with van der Waals surface area (Å²) in [6.07, 6.45) is 4.05. The normalized spacial score (nSPS) is 11.9. The fraction of sp³-hybridized carbons (Fsp3) is 0.556. The Kier molecular flexibility index (Phi) is 5.59. The molecule has 0 aliphatic rings. The summed E-state index contributed by atoms with van der Waals surface area (Å²) in [6.45, 7) is 2.00. The van der Waals surface area contributed by atoms with Crippen molar-refractivity contribution < 1.29 is 4.92 Å². The molecule has 0 fully saturated rings. The van der Waals surface area contributed by atoms with Crippen LogP contribution >= 0.6 is 11.8 Å². The van der Waals surface area contributed by atoms with E-state index in [9.17, 15) is 10.1 Å². The molecule has 0 aromatic carbocycles. The molecule has 0 spiro atoms. The highest BCUT2D eigenvalue weighted by Crippen LogP contribution is 2.28. The Labute approximate surface area is 109 Å². The van der Waals surface area contributed by atoms with Gasteiger partial charge < -0.3 is 10.7 Å². The molecule has 4 N–H and O–H groups in total. The van der Waals surface area contributed by atoms with Crippen LogP contribution in [0.1, 0.15) is 13.3 Å². The van der Waals surface area contributed by atoms with Gasteiger partial charge in [0.2, 0.25) is 11.6 Å². The molecule has 1 aromatic rings. The lowest BCUT2D eigenvalue weighted by Crippen LogP contribution is -2.23. The van der Waals surface area contributed by atoms with Crippen LogP contribution in [0.2, 0.25) is 0 Å². The van der Waals surface area contributed by atoms with Crippen molar-refractivity contribution in [3.63, 3.8) is 0 Å². The van der Waals surface area contributed by atoms with Gasteiger partial charge in [0.1, 0.15) is 6.33 Å². The molecular weight excluding hydrogens is 256 g/mol. The standard InChI is InChI=1S/C9H16N6O2S/c1-3-6(4-18-2)13-8-7(15(16)17)9(14-10)12-5-11-8/h5-6H,3-4,10H2,1-2H3,(H2,11,12,13,14). The first-order valence-corrected chi connectivity index (χ1v) is 6.74. The van der Waals surface area contributed by atoms with Gasteiger partial charge in [0, 0.05) is 11.8 Å². The van der Waals surface area contributed by atoms with Crippen LogP contribution in [0.3, 0.4) is 0 Å². The fourth-order valence-corrected chi connectivity index (χ4v) is 2.14. The molecule has 0 saturated carbocycles. The summed E-state index contributed by atoms with van der Waals surface area (Å²) in [6, 6.07) is 0.110. The van der Waals surface area contributed by atoms with Crippen molar-refractivity contribution in [1.82, 2.24) is 9.97 Å². The second-order valence-corrected chi connectivity index (χ2v) is 4.44. The van der Waals surface area contributed by atoms with Gasteiger partial charge in [0.25, 0.3) is 0 Å². The van der Waals surface area contributed by atoms with E-state index in [1.807, 2.05) is 13.2 Å². The number of thioether (sulfide) groups is 1. The Bertz CT molecular complexity index is 416. The molecule has 100 valence electrons. The van der Waals surface area contributed by atoms with E-state index in [1.165, 1.54) is 6.33 Å². The predicted octanol–water partition coefficient (Wildman–Crippen LogP) is 1.22. The van der Waals surface area contributed by atoms with E-state index in [4.69, 9.17) is 5.84 Å². The molecular formula is C9H16N6O2S. The highest BCUT2D eigenvalue weighted by Gasteiger charge is 2.23. The van der Waals surface area contributed by atoms with Gasteiger partial charge in [-0.1, -0.05) is 6.92 Å². The van der Waals surface area contributed by atoms with Crippen molar-refractivity contribution in [3.8, 4) is 0 Å². The number of hydrogen-bond acceptors (Lipinski definition) is 8. The SMILES string of the molecule is CCC(CSC)Nc1ncnc(NN)c1[N+](=O)[O-]. The number of rotatable bonds is 7. The Hall–Kier alpha value is -1.61. The van der Waals surface area contributed by atoms with E-state index in [2.05, 4.69) is 20.7 Å². The first-order chi connectivity index (χ1) is 8.63. The molecule has 18 heavy (non-hydrogen) atoms. The van der Waals surface area contributed by atoms with Crippen LogP contribution in [0.15, 0.2) is 6.33 Å². The molecule has 0 aliphatic carbocycles. The predicted molar refractivity (Wildman–Crippen MR) is 72.6 cm³/mol. The average Bonchev–Trinajstić information content (AvgIpc) is 2.37. The van der Waals surface area contributed by atoms with Crippen LogP contribution in [0, 0.1) is 10.1 Å². The summed E-state index contributed by atoms with van der Waals surface area (Å²) >= 11 is 1.66. The lowest BCUT2D eigenvalue weighted by molar-refractivity contribution is -0.383. The minimum atomic E-state index is -0.552. The quantitative estimate of drug-likeness (QED) is 0.385. The van der Waals surface area contributed by atoms with Crippen molar-refractivity contribution in [2.24, 2.45) is 5.84 Å². The number of hydrogen-bond donors (Lipinski definition) is 3. The molecule has 0 bridgehead atoms. The van der Waals surface area contributed by atoms with Crippen LogP contribution in [0.4, 0.5) is 17.3 Å². The summed E-state index contributed by atoms with van der Waals surface area (Å²) in [7, 11) is 0. The zero-order valence-electron chi connectivity index (χ0n) is 10.2. The maximum atomic E-state index is 11.0. The zero-order valence-corrected chi connectivity index (χ0v) is 11.0. The minimum Gasteiger partial charge on any atom is -0.361 e. The Morgan fingerprint density at radius 1 is 1.56 bits per heavy atom. The van der Waals surface area contributed by atoms with Crippen LogP contribution in [0.25, 0.3) is 0 Å². The van der Waals surface area contributed by atoms with Crippen molar-refractivity contribution in [2.75, 3.05) is 22.8 Å². The molecule has 0 amide bonds. The van der Waals surface area contributed by atoms with Gasteiger partial charge in [-0.25, -0.2) is 15.8 Å². The van der Waals surface area contributed by atoms with Gasteiger partial charge in [0.05, 0.1) is 4.92 Å². The van der Waals surface area contributed by atoms with Gasteiger partial charge in [-0.15, -0.1) is 0 Å². The third-order valence-corrected chi connectivity index (χ3v) is 3.08. The summed E-state index contributed by atoms with van der Waals surface area (Å²) in [5.41, 5.74) is 1.97. The topological polar surface area (TPSA) is 119 Å². The largest absolute Gasteiger partial charge is 0.361 e. The molecule has 1 atom stereocenters. The van der Waals surface area contributed by atoms with Crippen LogP contribution in [-0.2, 0) is 0 Å². The smallest absolute Gasteiger partial charge is 0.354 e. The Balaban J connectivity index is 3.03. The fourth-order valence-electron chi connectivity index (χ4n) is 1.42. The summed E-state index contributed by atoms with van der Waals surface area (Å²) in [4.78, 5) is 18.1. The molecule has 0 aliphatic heterocycles. The Morgan fingerprint density at radius 3 is 2.72 bits per heavy atom. The Morgan fingerprint density at radius 2 is 2.22 bits per heavy atom. The molecule has 9 heteroatoms. The van der Waals surface area contributed by atoms with Gasteiger partial charge in [0.15, 0.2) is 0 Å². The van der Waals surface area contributed by atoms with E-state index in [-0.39, 0.29) is 23.4 Å². The third kappa shape index (κ3) is 3.44. The van der Waals surface area contributed by atoms with Crippen molar-refractivity contribution in [1.29, 1.82) is 0 Å². The van der Waals surface area contributed by atoms with Crippen LogP contribution in [0.5, 0.6) is 0 Å². The zero-order chi connectivity index (χ0) is 13.5. The molecule has 1 unspecified atom stereocenters. The van der Waals surface area contributed by atoms with E-state index >= 15 is 0 Å². The number of nitrogens with zero attached hydrogens (tertiary/aromatic N) is 3. The van der Waals surface area contributed by atoms with Gasteiger partial charge in [-0.05, 0) is 12.7 Å². The number of hydrazine groups is 1. The number of nitro groups is 1. The van der Waals surface area contributed by atoms with Gasteiger partial charge in [-0.2, -0.15) is 11.8 Å². The molecule has 1 heterocycles. The number of nitrogen functional groups attached to an aromatic ring is 1. The second kappa shape index (κ2) is 6.97. The summed E-state index contributed by atoms with van der Waals surface area (Å²) in [5, 5.41) is 14.1. The van der Waals surface area contributed by atoms with E-state index in [0.29, 0.717) is 0 Å². The second-order valence-electron chi connectivity index (χ2n) is 3.53. The van der Waals surface area contributed by atoms with Gasteiger partial charge >= 0.3 is 5.69 Å². The molecule has 8 nitrogen and oxygen atoms in total. The minimum absolute atomic E-state index is 0.00324. The lowest BCUT2D eigenvalue weighted by Gasteiger charge is -2.16. The van der Waals surface area contributed by atoms with E-state index in [0.717, 1.165) is 12.2 Å². The first kappa shape index (κ1) is 14.5. The lowest BCUT2D eigenvalue weighted by atomic mass is 10.2. The summed E-state index contributed by atoms with van der Waals surface area (Å²) < 4.78 is 0. The highest BCUT2D eigenvalue weighted by atomic mass is 32.2. The van der Waals surface area contributed by atoms with Gasteiger partial charge in [-0.3, -0.25) is 10.1 Å². The third-order valence-electron chi connectivity index (χ3n) is 2.34. The average molecular weight is 272 g/mol. The first-order valence-electron chi connectivity index (χ1n) is 5.35. The molecule has 1 aromatic heterocycles. The highest BCUT2D eigenvalue weighted by molar-refractivity contribution is 7.98. The molecule has 0 saturated heterocycles. The van der Waals surface area contributed by atoms with Crippen LogP contribution in [-0.4, -0.2) is 32.9 Å². The molecule has 0 radical (unpaired) electrons. The van der Waals surface area contributed by atoms with E-state index < -0.39 is 4.92 Å². The maximum absolute atomic E-state index is 11.0. The summed E-state index contributed by atoms with van der Waals surface area (Å²) in [5.74, 6) is 6.22. The number of anilines is 2. The maximum Gasteiger partial charge on any atom is 0.354 e. The van der Waals surface area contributed by atoms with Crippen molar-refractivity contribution >= 4 is 29.1 Å². The van der Waals surface area contributed by atoms with Crippen LogP contribution < -0.4 is 16.6 Å². The monoisotopic (exact) mass is 272 g/mol. The van der Waals surface area contributed by atoms with E-state index in [1.54, 1.807) is 11.8 Å². The molecule has 1 rings (SSSR count). The number of nitrogens with two attached hydrogens (primary N) is 1. The van der Waals surface area contributed by atoms with Crippen molar-refractivity contribution in [2.45, 2.75) is 19.4 Å². The van der Waals surface area contributed by atoms with Crippen molar-refractivity contribution in [3.05, 3.63) is 16.4 Å².